The molecule has 188 valence electrons. The van der Waals surface area contributed by atoms with Gasteiger partial charge in [-0.15, -0.1) is 0 Å². The summed E-state index contributed by atoms with van der Waals surface area (Å²) in [5.74, 6) is -4.59. The zero-order valence-electron chi connectivity index (χ0n) is 18.4. The van der Waals surface area contributed by atoms with Crippen LogP contribution in [0, 0.1) is 0 Å². The molecule has 0 aromatic carbocycles. The van der Waals surface area contributed by atoms with E-state index in [0.717, 1.165) is 0 Å². The van der Waals surface area contributed by atoms with Crippen LogP contribution >= 0.6 is 0 Å². The van der Waals surface area contributed by atoms with Gasteiger partial charge in [-0.3, -0.25) is 24.2 Å². The molecule has 0 aromatic heterocycles. The van der Waals surface area contributed by atoms with Crippen molar-refractivity contribution in [3.8, 4) is 0 Å². The smallest absolute Gasteiger partial charge is 0.326 e. The Morgan fingerprint density at radius 2 is 1.33 bits per heavy atom. The van der Waals surface area contributed by atoms with Gasteiger partial charge in [-0.2, -0.15) is 0 Å². The molecule has 0 heterocycles. The van der Waals surface area contributed by atoms with E-state index in [1.165, 1.54) is 0 Å². The van der Waals surface area contributed by atoms with Gasteiger partial charge in [-0.1, -0.05) is 0 Å². The van der Waals surface area contributed by atoms with Crippen LogP contribution in [0.3, 0.4) is 0 Å². The number of rotatable bonds is 17. The molecule has 33 heavy (non-hydrogen) atoms. The molecule has 0 fully saturated rings. The lowest BCUT2D eigenvalue weighted by molar-refractivity contribution is -0.143. The summed E-state index contributed by atoms with van der Waals surface area (Å²) in [5, 5.41) is 16.4. The molecule has 0 aliphatic carbocycles. The monoisotopic (exact) mass is 473 g/mol. The molecule has 3 unspecified atom stereocenters. The first kappa shape index (κ1) is 29.5. The average Bonchev–Trinajstić information content (AvgIpc) is 2.73. The third-order valence-corrected chi connectivity index (χ3v) is 4.38. The second-order valence-electron chi connectivity index (χ2n) is 7.19. The Hall–Kier alpha value is -3.46. The van der Waals surface area contributed by atoms with Gasteiger partial charge in [-0.25, -0.2) is 4.79 Å². The van der Waals surface area contributed by atoms with Crippen LogP contribution < -0.4 is 44.6 Å². The van der Waals surface area contributed by atoms with Gasteiger partial charge in [0.25, 0.3) is 0 Å². The largest absolute Gasteiger partial charge is 0.480 e. The summed E-state index contributed by atoms with van der Waals surface area (Å²) in [6, 6.07) is -3.74. The number of hydrogen-bond acceptors (Lipinski definition) is 8. The fourth-order valence-corrected chi connectivity index (χ4v) is 2.73. The SMILES string of the molecule is NCCCCC(NC(=O)C(CCCN=C(N)N)NC(=O)CN)C(=O)NC(CC(N)=O)C(=O)O. The molecule has 0 aliphatic rings. The van der Waals surface area contributed by atoms with Crippen molar-refractivity contribution in [2.24, 2.45) is 33.7 Å². The van der Waals surface area contributed by atoms with Gasteiger partial charge in [0.05, 0.1) is 13.0 Å². The van der Waals surface area contributed by atoms with Crippen LogP contribution in [0.1, 0.15) is 38.5 Å². The van der Waals surface area contributed by atoms with Gasteiger partial charge in [0.2, 0.25) is 23.6 Å². The summed E-state index contributed by atoms with van der Waals surface area (Å²) in [5.41, 5.74) is 26.3. The Morgan fingerprint density at radius 1 is 0.788 bits per heavy atom. The maximum absolute atomic E-state index is 12.8. The van der Waals surface area contributed by atoms with Gasteiger partial charge in [-0.05, 0) is 38.6 Å². The molecule has 0 bridgehead atoms. The second kappa shape index (κ2) is 16.2. The highest BCUT2D eigenvalue weighted by Crippen LogP contribution is 2.06. The van der Waals surface area contributed by atoms with Crippen molar-refractivity contribution >= 4 is 35.6 Å². The molecule has 15 heteroatoms. The maximum atomic E-state index is 12.8. The number of guanidine groups is 1. The Balaban J connectivity index is 5.41. The van der Waals surface area contributed by atoms with E-state index in [-0.39, 0.29) is 31.9 Å². The molecule has 4 amide bonds. The summed E-state index contributed by atoms with van der Waals surface area (Å²) in [7, 11) is 0. The number of carbonyl (C=O) groups excluding carboxylic acids is 4. The third kappa shape index (κ3) is 13.5. The molecule has 3 atom stereocenters. The first-order valence-corrected chi connectivity index (χ1v) is 10.4. The average molecular weight is 474 g/mol. The molecule has 0 spiro atoms. The number of carboxylic acids is 1. The molecule has 0 rings (SSSR count). The lowest BCUT2D eigenvalue weighted by Crippen LogP contribution is -2.56. The van der Waals surface area contributed by atoms with Crippen LogP contribution in [0.25, 0.3) is 0 Å². The number of nitrogens with two attached hydrogens (primary N) is 5. The Morgan fingerprint density at radius 3 is 1.82 bits per heavy atom. The fraction of sp³-hybridized carbons (Fsp3) is 0.667. The minimum Gasteiger partial charge on any atom is -0.480 e. The Bertz CT molecular complexity index is 712. The van der Waals surface area contributed by atoms with E-state index in [2.05, 4.69) is 20.9 Å². The summed E-state index contributed by atoms with van der Waals surface area (Å²) < 4.78 is 0. The lowest BCUT2D eigenvalue weighted by atomic mass is 10.1. The van der Waals surface area contributed by atoms with Gasteiger partial charge in [0, 0.05) is 6.54 Å². The van der Waals surface area contributed by atoms with E-state index in [9.17, 15) is 29.1 Å². The van der Waals surface area contributed by atoms with E-state index >= 15 is 0 Å². The van der Waals surface area contributed by atoms with Gasteiger partial charge in [0.1, 0.15) is 18.1 Å². The lowest BCUT2D eigenvalue weighted by Gasteiger charge is -2.24. The number of hydrogen-bond donors (Lipinski definition) is 9. The zero-order chi connectivity index (χ0) is 25.4. The number of aliphatic carboxylic acids is 1. The number of carbonyl (C=O) groups is 5. The summed E-state index contributed by atoms with van der Waals surface area (Å²) in [6.45, 7) is 0.200. The number of aliphatic imine (C=N–C) groups is 1. The fourth-order valence-electron chi connectivity index (χ4n) is 2.73. The minimum atomic E-state index is -1.56. The van der Waals surface area contributed by atoms with Crippen LogP contribution in [0.2, 0.25) is 0 Å². The van der Waals surface area contributed by atoms with E-state index in [0.29, 0.717) is 25.8 Å². The van der Waals surface area contributed by atoms with E-state index < -0.39 is 54.1 Å². The quantitative estimate of drug-likeness (QED) is 0.0554. The second-order valence-corrected chi connectivity index (χ2v) is 7.19. The summed E-state index contributed by atoms with van der Waals surface area (Å²) in [6.07, 6.45) is 1.01. The van der Waals surface area contributed by atoms with Gasteiger partial charge < -0.3 is 49.7 Å². The van der Waals surface area contributed by atoms with Crippen LogP contribution in [0.4, 0.5) is 0 Å². The van der Waals surface area contributed by atoms with Gasteiger partial charge >= 0.3 is 5.97 Å². The highest BCUT2D eigenvalue weighted by molar-refractivity contribution is 5.94. The van der Waals surface area contributed by atoms with Crippen LogP contribution in [0.5, 0.6) is 0 Å². The van der Waals surface area contributed by atoms with Crippen molar-refractivity contribution < 1.29 is 29.1 Å². The first-order valence-electron chi connectivity index (χ1n) is 10.4. The van der Waals surface area contributed by atoms with E-state index in [1.807, 2.05) is 0 Å². The number of primary amides is 1. The highest BCUT2D eigenvalue weighted by Gasteiger charge is 2.29. The van der Waals surface area contributed by atoms with Crippen molar-refractivity contribution in [3.63, 3.8) is 0 Å². The molecule has 15 nitrogen and oxygen atoms in total. The number of unbranched alkanes of at least 4 members (excludes halogenated alkanes) is 1. The number of carboxylic acid groups (broad SMARTS) is 1. The molecular weight excluding hydrogens is 438 g/mol. The van der Waals surface area contributed by atoms with Crippen molar-refractivity contribution in [3.05, 3.63) is 0 Å². The first-order chi connectivity index (χ1) is 15.5. The van der Waals surface area contributed by atoms with E-state index in [4.69, 9.17) is 28.7 Å². The highest BCUT2D eigenvalue weighted by atomic mass is 16.4. The standard InChI is InChI=1S/C18H35N9O6/c19-6-2-1-4-11(16(31)27-12(17(32)33)8-13(21)28)26-15(30)10(25-14(29)9-20)5-3-7-24-18(22)23/h10-12H,1-9,19-20H2,(H2,21,28)(H,25,29)(H,26,30)(H,27,31)(H,32,33)(H4,22,23,24). The number of nitrogens with one attached hydrogen (secondary N) is 3. The van der Waals surface area contributed by atoms with Crippen molar-refractivity contribution in [2.45, 2.75) is 56.7 Å². The number of amides is 4. The number of nitrogens with zero attached hydrogens (tertiary/aromatic N) is 1. The molecule has 0 aliphatic heterocycles. The molecule has 0 aromatic rings. The van der Waals surface area contributed by atoms with Crippen molar-refractivity contribution in [2.75, 3.05) is 19.6 Å². The Kier molecular flexibility index (Phi) is 14.5. The molecule has 0 saturated carbocycles. The van der Waals surface area contributed by atoms with Crippen molar-refractivity contribution in [1.29, 1.82) is 0 Å². The van der Waals surface area contributed by atoms with Crippen LogP contribution in [-0.2, 0) is 24.0 Å². The maximum Gasteiger partial charge on any atom is 0.326 e. The predicted octanol–water partition coefficient (Wildman–Crippen LogP) is -4.46. The topological polar surface area (TPSA) is 284 Å². The minimum absolute atomic E-state index is 0.123. The molecule has 0 radical (unpaired) electrons. The molecule has 14 N–H and O–H groups in total. The van der Waals surface area contributed by atoms with Gasteiger partial charge in [0.15, 0.2) is 5.96 Å². The molecular formula is C18H35N9O6. The molecule has 0 saturated heterocycles. The van der Waals surface area contributed by atoms with Crippen LogP contribution in [-0.4, -0.2) is 78.4 Å². The zero-order valence-corrected chi connectivity index (χ0v) is 18.4. The van der Waals surface area contributed by atoms with Crippen LogP contribution in [0.15, 0.2) is 4.99 Å². The summed E-state index contributed by atoms with van der Waals surface area (Å²) >= 11 is 0. The van der Waals surface area contributed by atoms with E-state index in [1.54, 1.807) is 0 Å². The summed E-state index contributed by atoms with van der Waals surface area (Å²) in [4.78, 5) is 63.4. The third-order valence-electron chi connectivity index (χ3n) is 4.38. The predicted molar refractivity (Wildman–Crippen MR) is 119 cm³/mol. The normalized spacial score (nSPS) is 13.2. The van der Waals surface area contributed by atoms with Crippen molar-refractivity contribution in [1.82, 2.24) is 16.0 Å². The Labute approximate surface area is 191 Å².